The molecule has 31 heavy (non-hydrogen) atoms. The van der Waals surface area contributed by atoms with E-state index in [4.69, 9.17) is 9.47 Å². The smallest absolute Gasteiger partial charge is 0.191 e. The summed E-state index contributed by atoms with van der Waals surface area (Å²) in [5.41, 5.74) is 0.638. The molecular formula is C23H25N3O3S2. The molecule has 0 saturated heterocycles. The van der Waals surface area contributed by atoms with Crippen molar-refractivity contribution in [1.29, 1.82) is 0 Å². The number of ether oxygens (including phenoxy) is 2. The van der Waals surface area contributed by atoms with Gasteiger partial charge < -0.3 is 14.0 Å². The Morgan fingerprint density at radius 3 is 2.74 bits per heavy atom. The van der Waals surface area contributed by atoms with Crippen molar-refractivity contribution in [3.63, 3.8) is 0 Å². The molecule has 6 nitrogen and oxygen atoms in total. The van der Waals surface area contributed by atoms with E-state index in [1.165, 1.54) is 35.9 Å². The summed E-state index contributed by atoms with van der Waals surface area (Å²) in [5.74, 6) is 2.73. The number of carbonyl (C=O) groups is 1. The molecule has 0 bridgehead atoms. The quantitative estimate of drug-likeness (QED) is 0.361. The summed E-state index contributed by atoms with van der Waals surface area (Å²) < 4.78 is 13.5. The summed E-state index contributed by atoms with van der Waals surface area (Å²) in [6.07, 6.45) is 6.86. The number of fused-ring (bicyclic) bond motifs is 1. The van der Waals surface area contributed by atoms with Gasteiger partial charge in [-0.2, -0.15) is 0 Å². The van der Waals surface area contributed by atoms with Crippen LogP contribution < -0.4 is 9.47 Å². The highest BCUT2D eigenvalue weighted by Crippen LogP contribution is 2.34. The topological polar surface area (TPSA) is 66.2 Å². The van der Waals surface area contributed by atoms with E-state index in [2.05, 4.69) is 32.3 Å². The van der Waals surface area contributed by atoms with Crippen LogP contribution in [0.4, 0.5) is 0 Å². The van der Waals surface area contributed by atoms with Gasteiger partial charge in [0.1, 0.15) is 19.0 Å². The van der Waals surface area contributed by atoms with Crippen molar-refractivity contribution < 1.29 is 14.3 Å². The Balaban J connectivity index is 1.33. The maximum Gasteiger partial charge on any atom is 0.191 e. The first-order chi connectivity index (χ1) is 15.3. The van der Waals surface area contributed by atoms with Gasteiger partial charge in [0, 0.05) is 22.9 Å². The number of carbonyl (C=O) groups excluding carboxylic acids is 1. The van der Waals surface area contributed by atoms with Gasteiger partial charge in [-0.3, -0.25) is 4.79 Å². The lowest BCUT2D eigenvalue weighted by atomic mass is 9.95. The molecule has 0 radical (unpaired) electrons. The molecule has 1 aromatic carbocycles. The number of benzene rings is 1. The second-order valence-electron chi connectivity index (χ2n) is 7.89. The van der Waals surface area contributed by atoms with Crippen LogP contribution in [-0.2, 0) is 6.42 Å². The molecule has 2 aromatic heterocycles. The summed E-state index contributed by atoms with van der Waals surface area (Å²) in [4.78, 5) is 14.2. The zero-order valence-electron chi connectivity index (χ0n) is 17.3. The van der Waals surface area contributed by atoms with Crippen LogP contribution in [0.5, 0.6) is 11.5 Å². The molecule has 0 spiro atoms. The van der Waals surface area contributed by atoms with Gasteiger partial charge in [-0.25, -0.2) is 0 Å². The average molecular weight is 456 g/mol. The monoisotopic (exact) mass is 455 g/mol. The van der Waals surface area contributed by atoms with Crippen LogP contribution in [0.15, 0.2) is 40.9 Å². The molecule has 0 N–H and O–H groups in total. The molecule has 0 unspecified atom stereocenters. The van der Waals surface area contributed by atoms with Crippen molar-refractivity contribution in [3.05, 3.63) is 52.0 Å². The predicted octanol–water partition coefficient (Wildman–Crippen LogP) is 5.18. The van der Waals surface area contributed by atoms with Gasteiger partial charge in [0.2, 0.25) is 0 Å². The standard InChI is InChI=1S/C23H25N3O3S2/c27-19(16-8-9-20-21(13-16)29-11-10-28-20)15-31-23-25-24-22(14-18-7-4-12-30-18)26(23)17-5-2-1-3-6-17/h4,7-9,12-13,17H,1-3,5-6,10-11,14-15H2. The largest absolute Gasteiger partial charge is 0.486 e. The number of thiophene rings is 1. The number of rotatable bonds is 7. The lowest BCUT2D eigenvalue weighted by Crippen LogP contribution is -2.17. The fourth-order valence-electron chi connectivity index (χ4n) is 4.23. The number of Topliss-reactive ketones (excluding diaryl/α,β-unsaturated/α-hetero) is 1. The molecule has 5 rings (SSSR count). The van der Waals surface area contributed by atoms with Gasteiger partial charge in [0.25, 0.3) is 0 Å². The normalized spacial score (nSPS) is 16.4. The van der Waals surface area contributed by atoms with Crippen molar-refractivity contribution in [2.24, 2.45) is 0 Å². The summed E-state index contributed by atoms with van der Waals surface area (Å²) in [6, 6.07) is 10.0. The molecule has 1 saturated carbocycles. The Labute approximate surface area is 190 Å². The van der Waals surface area contributed by atoms with E-state index in [1.807, 2.05) is 12.1 Å². The molecule has 3 heterocycles. The molecule has 1 aliphatic carbocycles. The summed E-state index contributed by atoms with van der Waals surface area (Å²) in [7, 11) is 0. The van der Waals surface area contributed by atoms with Crippen LogP contribution >= 0.6 is 23.1 Å². The SMILES string of the molecule is O=C(CSc1nnc(Cc2cccs2)n1C1CCCCC1)c1ccc2c(c1)OCCO2. The molecule has 1 aliphatic heterocycles. The third kappa shape index (κ3) is 4.65. The van der Waals surface area contributed by atoms with Crippen molar-refractivity contribution in [2.45, 2.75) is 49.7 Å². The molecule has 2 aliphatic rings. The van der Waals surface area contributed by atoms with Gasteiger partial charge in [0.05, 0.1) is 5.75 Å². The minimum Gasteiger partial charge on any atom is -0.486 e. The highest BCUT2D eigenvalue weighted by molar-refractivity contribution is 7.99. The fraction of sp³-hybridized carbons (Fsp3) is 0.435. The minimum absolute atomic E-state index is 0.0555. The van der Waals surface area contributed by atoms with Crippen LogP contribution in [0.25, 0.3) is 0 Å². The van der Waals surface area contributed by atoms with E-state index < -0.39 is 0 Å². The Morgan fingerprint density at radius 2 is 1.94 bits per heavy atom. The van der Waals surface area contributed by atoms with Crippen molar-refractivity contribution >= 4 is 28.9 Å². The second kappa shape index (κ2) is 9.44. The molecule has 1 fully saturated rings. The Morgan fingerprint density at radius 1 is 1.10 bits per heavy atom. The van der Waals surface area contributed by atoms with Gasteiger partial charge in [-0.05, 0) is 42.5 Å². The number of aromatic nitrogens is 3. The zero-order chi connectivity index (χ0) is 21.0. The first kappa shape index (κ1) is 20.6. The Bertz CT molecular complexity index is 1040. The van der Waals surface area contributed by atoms with E-state index in [1.54, 1.807) is 17.4 Å². The van der Waals surface area contributed by atoms with E-state index in [0.717, 1.165) is 30.2 Å². The number of thioether (sulfide) groups is 1. The summed E-state index contributed by atoms with van der Waals surface area (Å²) in [6.45, 7) is 1.05. The minimum atomic E-state index is 0.0555. The Hall–Kier alpha value is -2.32. The number of hydrogen-bond acceptors (Lipinski definition) is 7. The highest BCUT2D eigenvalue weighted by Gasteiger charge is 2.24. The van der Waals surface area contributed by atoms with E-state index in [-0.39, 0.29) is 5.78 Å². The summed E-state index contributed by atoms with van der Waals surface area (Å²) in [5, 5.41) is 12.0. The lowest BCUT2D eigenvalue weighted by Gasteiger charge is -2.25. The summed E-state index contributed by atoms with van der Waals surface area (Å²) >= 11 is 3.23. The van der Waals surface area contributed by atoms with E-state index in [0.29, 0.717) is 42.1 Å². The van der Waals surface area contributed by atoms with Gasteiger partial charge in [-0.15, -0.1) is 21.5 Å². The van der Waals surface area contributed by atoms with Crippen LogP contribution in [-0.4, -0.2) is 39.5 Å². The van der Waals surface area contributed by atoms with Gasteiger partial charge in [0.15, 0.2) is 22.4 Å². The van der Waals surface area contributed by atoms with Crippen LogP contribution in [0.2, 0.25) is 0 Å². The first-order valence-corrected chi connectivity index (χ1v) is 12.7. The molecular weight excluding hydrogens is 430 g/mol. The van der Waals surface area contributed by atoms with Crippen molar-refractivity contribution in [1.82, 2.24) is 14.8 Å². The molecule has 162 valence electrons. The molecule has 3 aromatic rings. The van der Waals surface area contributed by atoms with Gasteiger partial charge >= 0.3 is 0 Å². The van der Waals surface area contributed by atoms with E-state index >= 15 is 0 Å². The number of hydrogen-bond donors (Lipinski definition) is 0. The van der Waals surface area contributed by atoms with Crippen molar-refractivity contribution in [2.75, 3.05) is 19.0 Å². The predicted molar refractivity (Wildman–Crippen MR) is 122 cm³/mol. The molecule has 8 heteroatoms. The van der Waals surface area contributed by atoms with Crippen LogP contribution in [0, 0.1) is 0 Å². The average Bonchev–Trinajstić information content (AvgIpc) is 3.48. The second-order valence-corrected chi connectivity index (χ2v) is 9.86. The van der Waals surface area contributed by atoms with E-state index in [9.17, 15) is 4.79 Å². The number of nitrogens with zero attached hydrogens (tertiary/aromatic N) is 3. The molecule has 0 amide bonds. The zero-order valence-corrected chi connectivity index (χ0v) is 18.9. The maximum atomic E-state index is 12.9. The first-order valence-electron chi connectivity index (χ1n) is 10.8. The van der Waals surface area contributed by atoms with Crippen LogP contribution in [0.1, 0.15) is 59.2 Å². The highest BCUT2D eigenvalue weighted by atomic mass is 32.2. The fourth-order valence-corrected chi connectivity index (χ4v) is 5.85. The Kier molecular flexibility index (Phi) is 6.27. The van der Waals surface area contributed by atoms with Crippen LogP contribution in [0.3, 0.4) is 0 Å². The maximum absolute atomic E-state index is 12.9. The van der Waals surface area contributed by atoms with Crippen molar-refractivity contribution in [3.8, 4) is 11.5 Å². The number of ketones is 1. The third-order valence-electron chi connectivity index (χ3n) is 5.78. The van der Waals surface area contributed by atoms with Gasteiger partial charge in [-0.1, -0.05) is 37.1 Å². The molecule has 0 atom stereocenters. The lowest BCUT2D eigenvalue weighted by molar-refractivity contribution is 0.102. The third-order valence-corrected chi connectivity index (χ3v) is 7.60.